The number of nitrogens with zero attached hydrogens (tertiary/aromatic N) is 2. The summed E-state index contributed by atoms with van der Waals surface area (Å²) in [5.74, 6) is 0.0789. The zero-order chi connectivity index (χ0) is 17.8. The number of aromatic nitrogens is 2. The molecule has 0 radical (unpaired) electrons. The van der Waals surface area contributed by atoms with Crippen LogP contribution in [0.3, 0.4) is 0 Å². The van der Waals surface area contributed by atoms with Gasteiger partial charge < -0.3 is 10.6 Å². The van der Waals surface area contributed by atoms with Crippen LogP contribution in [0.25, 0.3) is 0 Å². The van der Waals surface area contributed by atoms with Gasteiger partial charge in [-0.1, -0.05) is 40.9 Å². The van der Waals surface area contributed by atoms with Crippen LogP contribution in [0.15, 0.2) is 54.9 Å². The summed E-state index contributed by atoms with van der Waals surface area (Å²) in [6.07, 6.45) is 2.91. The first-order chi connectivity index (χ1) is 12.0. The van der Waals surface area contributed by atoms with Gasteiger partial charge in [-0.25, -0.2) is 9.97 Å². The molecule has 0 atom stereocenters. The number of benzene rings is 2. The minimum Gasteiger partial charge on any atom is -0.324 e. The first-order valence-electron chi connectivity index (χ1n) is 7.43. The van der Waals surface area contributed by atoms with Crippen LogP contribution in [0.5, 0.6) is 0 Å². The zero-order valence-electron chi connectivity index (χ0n) is 13.3. The molecule has 0 saturated carbocycles. The molecule has 25 heavy (non-hydrogen) atoms. The molecule has 0 unspecified atom stereocenters. The molecule has 3 rings (SSSR count). The topological polar surface area (TPSA) is 66.9 Å². The van der Waals surface area contributed by atoms with Crippen molar-refractivity contribution in [1.29, 1.82) is 0 Å². The minimum absolute atomic E-state index is 0.273. The molecule has 0 saturated heterocycles. The van der Waals surface area contributed by atoms with Crippen molar-refractivity contribution in [2.24, 2.45) is 0 Å². The fraction of sp³-hybridized carbons (Fsp3) is 0.0556. The van der Waals surface area contributed by atoms with Crippen molar-refractivity contribution in [3.63, 3.8) is 0 Å². The summed E-state index contributed by atoms with van der Waals surface area (Å²) in [7, 11) is 0. The molecule has 1 amide bonds. The van der Waals surface area contributed by atoms with Crippen LogP contribution >= 0.6 is 23.2 Å². The summed E-state index contributed by atoms with van der Waals surface area (Å²) in [6, 6.07) is 12.6. The SMILES string of the molecule is Cc1ccc(NC(=O)c2cnc(Nc3ccc(Cl)c(Cl)c3)nc2)cc1. The summed E-state index contributed by atoms with van der Waals surface area (Å²) in [6.45, 7) is 1.99. The molecule has 0 aliphatic rings. The van der Waals surface area contributed by atoms with Crippen molar-refractivity contribution in [1.82, 2.24) is 9.97 Å². The van der Waals surface area contributed by atoms with E-state index in [0.29, 0.717) is 32.9 Å². The largest absolute Gasteiger partial charge is 0.324 e. The Labute approximate surface area is 155 Å². The molecule has 0 aliphatic heterocycles. The smallest absolute Gasteiger partial charge is 0.258 e. The average molecular weight is 373 g/mol. The lowest BCUT2D eigenvalue weighted by Gasteiger charge is -2.07. The van der Waals surface area contributed by atoms with Gasteiger partial charge in [0.05, 0.1) is 15.6 Å². The summed E-state index contributed by atoms with van der Waals surface area (Å²) in [5, 5.41) is 6.69. The van der Waals surface area contributed by atoms with Gasteiger partial charge in [0.2, 0.25) is 5.95 Å². The van der Waals surface area contributed by atoms with Crippen LogP contribution in [0.1, 0.15) is 15.9 Å². The van der Waals surface area contributed by atoms with Crippen molar-refractivity contribution in [2.75, 3.05) is 10.6 Å². The highest BCUT2D eigenvalue weighted by atomic mass is 35.5. The second-order valence-electron chi connectivity index (χ2n) is 5.37. The van der Waals surface area contributed by atoms with E-state index >= 15 is 0 Å². The number of hydrogen-bond donors (Lipinski definition) is 2. The maximum atomic E-state index is 12.2. The van der Waals surface area contributed by atoms with Gasteiger partial charge in [-0.15, -0.1) is 0 Å². The molecule has 2 aromatic carbocycles. The lowest BCUT2D eigenvalue weighted by molar-refractivity contribution is 0.102. The minimum atomic E-state index is -0.273. The monoisotopic (exact) mass is 372 g/mol. The molecule has 0 spiro atoms. The maximum Gasteiger partial charge on any atom is 0.258 e. The molecular weight excluding hydrogens is 359 g/mol. The van der Waals surface area contributed by atoms with E-state index in [0.717, 1.165) is 5.56 Å². The number of halogens is 2. The van der Waals surface area contributed by atoms with E-state index in [1.807, 2.05) is 31.2 Å². The third kappa shape index (κ3) is 4.47. The lowest BCUT2D eigenvalue weighted by Crippen LogP contribution is -2.13. The molecule has 7 heteroatoms. The van der Waals surface area contributed by atoms with Gasteiger partial charge in [-0.2, -0.15) is 0 Å². The number of rotatable bonds is 4. The third-order valence-corrected chi connectivity index (χ3v) is 4.14. The average Bonchev–Trinajstić information content (AvgIpc) is 2.61. The molecule has 1 heterocycles. The molecule has 126 valence electrons. The lowest BCUT2D eigenvalue weighted by atomic mass is 10.2. The number of anilines is 3. The van der Waals surface area contributed by atoms with Crippen molar-refractivity contribution in [2.45, 2.75) is 6.92 Å². The van der Waals surface area contributed by atoms with E-state index in [2.05, 4.69) is 20.6 Å². The fourth-order valence-electron chi connectivity index (χ4n) is 2.05. The first-order valence-corrected chi connectivity index (χ1v) is 8.19. The predicted molar refractivity (Wildman–Crippen MR) is 101 cm³/mol. The maximum absolute atomic E-state index is 12.2. The van der Waals surface area contributed by atoms with E-state index in [4.69, 9.17) is 23.2 Å². The van der Waals surface area contributed by atoms with Crippen molar-refractivity contribution >= 4 is 46.4 Å². The van der Waals surface area contributed by atoms with Gasteiger partial charge in [-0.3, -0.25) is 4.79 Å². The second-order valence-corrected chi connectivity index (χ2v) is 6.18. The van der Waals surface area contributed by atoms with E-state index in [1.54, 1.807) is 18.2 Å². The number of carbonyl (C=O) groups is 1. The highest BCUT2D eigenvalue weighted by Crippen LogP contribution is 2.26. The fourth-order valence-corrected chi connectivity index (χ4v) is 2.35. The Morgan fingerprint density at radius 1 is 0.920 bits per heavy atom. The van der Waals surface area contributed by atoms with E-state index in [1.165, 1.54) is 12.4 Å². The molecule has 0 fully saturated rings. The molecule has 5 nitrogen and oxygen atoms in total. The van der Waals surface area contributed by atoms with Crippen molar-refractivity contribution in [3.8, 4) is 0 Å². The van der Waals surface area contributed by atoms with E-state index in [9.17, 15) is 4.79 Å². The zero-order valence-corrected chi connectivity index (χ0v) is 14.8. The van der Waals surface area contributed by atoms with Gasteiger partial charge in [0.1, 0.15) is 0 Å². The summed E-state index contributed by atoms with van der Waals surface area (Å²) in [4.78, 5) is 20.5. The van der Waals surface area contributed by atoms with Crippen LogP contribution in [-0.2, 0) is 0 Å². The molecule has 2 N–H and O–H groups in total. The van der Waals surface area contributed by atoms with E-state index < -0.39 is 0 Å². The quantitative estimate of drug-likeness (QED) is 0.669. The summed E-state index contributed by atoms with van der Waals surface area (Å²) >= 11 is 11.8. The molecule has 0 aliphatic carbocycles. The van der Waals surface area contributed by atoms with Crippen molar-refractivity contribution < 1.29 is 4.79 Å². The Morgan fingerprint density at radius 2 is 1.56 bits per heavy atom. The predicted octanol–water partition coefficient (Wildman–Crippen LogP) is 5.09. The molecule has 1 aromatic heterocycles. The Balaban J connectivity index is 1.67. The third-order valence-electron chi connectivity index (χ3n) is 3.40. The van der Waals surface area contributed by atoms with E-state index in [-0.39, 0.29) is 5.91 Å². The number of amides is 1. The van der Waals surface area contributed by atoms with Crippen LogP contribution in [0.2, 0.25) is 10.0 Å². The Kier molecular flexibility index (Phi) is 5.16. The summed E-state index contributed by atoms with van der Waals surface area (Å²) in [5.41, 5.74) is 2.90. The Bertz CT molecular complexity index is 896. The molecule has 0 bridgehead atoms. The number of carbonyl (C=O) groups excluding carboxylic acids is 1. The Morgan fingerprint density at radius 3 is 2.20 bits per heavy atom. The van der Waals surface area contributed by atoms with Gasteiger partial charge >= 0.3 is 0 Å². The second kappa shape index (κ2) is 7.51. The first kappa shape index (κ1) is 17.2. The standard InChI is InChI=1S/C18H14Cl2N4O/c1-11-2-4-13(5-3-11)23-17(25)12-9-21-18(22-10-12)24-14-6-7-15(19)16(20)8-14/h2-10H,1H3,(H,23,25)(H,21,22,24). The van der Waals surface area contributed by atoms with Crippen LogP contribution in [0, 0.1) is 6.92 Å². The Hall–Kier alpha value is -2.63. The van der Waals surface area contributed by atoms with Gasteiger partial charge in [-0.05, 0) is 37.3 Å². The van der Waals surface area contributed by atoms with Crippen molar-refractivity contribution in [3.05, 3.63) is 76.0 Å². The molecular formula is C18H14Cl2N4O. The van der Waals surface area contributed by atoms with Crippen LogP contribution < -0.4 is 10.6 Å². The molecule has 3 aromatic rings. The number of hydrogen-bond acceptors (Lipinski definition) is 4. The van der Waals surface area contributed by atoms with Gasteiger partial charge in [0.15, 0.2) is 0 Å². The van der Waals surface area contributed by atoms with Gasteiger partial charge in [0.25, 0.3) is 5.91 Å². The van der Waals surface area contributed by atoms with Gasteiger partial charge in [0, 0.05) is 23.8 Å². The van der Waals surface area contributed by atoms with Crippen LogP contribution in [0.4, 0.5) is 17.3 Å². The number of aryl methyl sites for hydroxylation is 1. The van der Waals surface area contributed by atoms with Crippen LogP contribution in [-0.4, -0.2) is 15.9 Å². The number of nitrogens with one attached hydrogen (secondary N) is 2. The normalized spacial score (nSPS) is 10.4. The summed E-state index contributed by atoms with van der Waals surface area (Å²) < 4.78 is 0. The highest BCUT2D eigenvalue weighted by molar-refractivity contribution is 6.42. The highest BCUT2D eigenvalue weighted by Gasteiger charge is 2.08.